The van der Waals surface area contributed by atoms with Gasteiger partial charge >= 0.3 is 6.09 Å². The maximum Gasteiger partial charge on any atom is 0.408 e. The van der Waals surface area contributed by atoms with Crippen LogP contribution in [0.25, 0.3) is 0 Å². The van der Waals surface area contributed by atoms with Gasteiger partial charge < -0.3 is 25.4 Å². The molecule has 8 nitrogen and oxygen atoms in total. The largest absolute Gasteiger partial charge is 0.508 e. The molecule has 0 saturated heterocycles. The van der Waals surface area contributed by atoms with Crippen molar-refractivity contribution in [2.45, 2.75) is 124 Å². The van der Waals surface area contributed by atoms with Gasteiger partial charge in [-0.1, -0.05) is 78.0 Å². The summed E-state index contributed by atoms with van der Waals surface area (Å²) in [4.78, 5) is 42.1. The van der Waals surface area contributed by atoms with Crippen LogP contribution in [0, 0.1) is 5.92 Å². The second-order valence-corrected chi connectivity index (χ2v) is 11.5. The van der Waals surface area contributed by atoms with Crippen molar-refractivity contribution in [3.8, 4) is 5.75 Å². The molecule has 3 N–H and O–H groups in total. The Morgan fingerprint density at radius 3 is 2.13 bits per heavy atom. The van der Waals surface area contributed by atoms with Gasteiger partial charge in [0, 0.05) is 18.2 Å². The third-order valence-corrected chi connectivity index (χ3v) is 6.29. The van der Waals surface area contributed by atoms with Crippen LogP contribution in [0.5, 0.6) is 5.75 Å². The van der Waals surface area contributed by atoms with E-state index in [0.717, 1.165) is 38.5 Å². The average molecular weight is 534 g/mol. The number of alkyl carbamates (subject to hydrolysis) is 1. The van der Waals surface area contributed by atoms with Crippen molar-refractivity contribution in [2.75, 3.05) is 6.54 Å². The lowest BCUT2D eigenvalue weighted by molar-refractivity contribution is -0.143. The average Bonchev–Trinajstić information content (AvgIpc) is 2.81. The monoisotopic (exact) mass is 533 g/mol. The highest BCUT2D eigenvalue weighted by Gasteiger charge is 2.38. The molecule has 3 amide bonds. The molecule has 38 heavy (non-hydrogen) atoms. The van der Waals surface area contributed by atoms with E-state index in [4.69, 9.17) is 4.74 Å². The molecule has 0 radical (unpaired) electrons. The van der Waals surface area contributed by atoms with Crippen molar-refractivity contribution < 1.29 is 24.2 Å². The lowest BCUT2D eigenvalue weighted by Crippen LogP contribution is -2.55. The van der Waals surface area contributed by atoms with E-state index in [1.54, 1.807) is 39.0 Å². The van der Waals surface area contributed by atoms with Crippen molar-refractivity contribution in [3.05, 3.63) is 29.8 Å². The smallest absolute Gasteiger partial charge is 0.408 e. The van der Waals surface area contributed by atoms with Crippen molar-refractivity contribution in [1.82, 2.24) is 15.5 Å². The Morgan fingerprint density at radius 1 is 0.947 bits per heavy atom. The first-order chi connectivity index (χ1) is 17.8. The van der Waals surface area contributed by atoms with Gasteiger partial charge in [0.15, 0.2) is 0 Å². The fraction of sp³-hybridized carbons (Fsp3) is 0.700. The van der Waals surface area contributed by atoms with Crippen molar-refractivity contribution in [2.24, 2.45) is 5.92 Å². The molecule has 3 unspecified atom stereocenters. The van der Waals surface area contributed by atoms with Crippen LogP contribution in [-0.4, -0.2) is 52.1 Å². The van der Waals surface area contributed by atoms with E-state index >= 15 is 0 Å². The highest BCUT2D eigenvalue weighted by Crippen LogP contribution is 2.31. The number of amides is 3. The van der Waals surface area contributed by atoms with Crippen LogP contribution >= 0.6 is 0 Å². The second kappa shape index (κ2) is 16.2. The van der Waals surface area contributed by atoms with Gasteiger partial charge in [0.2, 0.25) is 11.8 Å². The molecule has 0 fully saturated rings. The minimum Gasteiger partial charge on any atom is -0.508 e. The Bertz CT molecular complexity index is 881. The van der Waals surface area contributed by atoms with E-state index < -0.39 is 23.8 Å². The number of phenols is 1. The lowest BCUT2D eigenvalue weighted by Gasteiger charge is -2.36. The number of hydrogen-bond donors (Lipinski definition) is 3. The van der Waals surface area contributed by atoms with Crippen LogP contribution < -0.4 is 10.6 Å². The van der Waals surface area contributed by atoms with E-state index in [2.05, 4.69) is 17.6 Å². The molecule has 0 spiro atoms. The zero-order valence-corrected chi connectivity index (χ0v) is 24.8. The van der Waals surface area contributed by atoms with Gasteiger partial charge in [0.25, 0.3) is 0 Å². The highest BCUT2D eigenvalue weighted by atomic mass is 16.6. The predicted molar refractivity (Wildman–Crippen MR) is 152 cm³/mol. The van der Waals surface area contributed by atoms with Gasteiger partial charge in [0.05, 0.1) is 0 Å². The van der Waals surface area contributed by atoms with E-state index in [9.17, 15) is 19.5 Å². The molecule has 1 aromatic rings. The van der Waals surface area contributed by atoms with Crippen LogP contribution in [0.15, 0.2) is 24.3 Å². The van der Waals surface area contributed by atoms with E-state index in [0.29, 0.717) is 18.5 Å². The Kier molecular flexibility index (Phi) is 14.2. The summed E-state index contributed by atoms with van der Waals surface area (Å²) in [6, 6.07) is 4.58. The van der Waals surface area contributed by atoms with Crippen LogP contribution in [0.1, 0.15) is 112 Å². The molecule has 8 heteroatoms. The van der Waals surface area contributed by atoms with Gasteiger partial charge in [-0.05, 0) is 52.5 Å². The first-order valence-electron chi connectivity index (χ1n) is 14.2. The van der Waals surface area contributed by atoms with Gasteiger partial charge in [-0.3, -0.25) is 9.59 Å². The van der Waals surface area contributed by atoms with Crippen LogP contribution in [0.3, 0.4) is 0 Å². The minimum absolute atomic E-state index is 0.0548. The Labute approximate surface area is 229 Å². The number of para-hydroxylation sites is 1. The number of unbranched alkanes of at least 4 members (excludes halogenated alkanes) is 4. The number of carbonyl (C=O) groups excluding carboxylic acids is 3. The Balaban J connectivity index is 3.47. The van der Waals surface area contributed by atoms with Gasteiger partial charge in [-0.2, -0.15) is 0 Å². The Morgan fingerprint density at radius 2 is 1.58 bits per heavy atom. The maximum atomic E-state index is 14.1. The molecular weight excluding hydrogens is 482 g/mol. The molecule has 0 bridgehead atoms. The summed E-state index contributed by atoms with van der Waals surface area (Å²) >= 11 is 0. The number of nitrogens with zero attached hydrogens (tertiary/aromatic N) is 1. The number of aromatic hydroxyl groups is 1. The summed E-state index contributed by atoms with van der Waals surface area (Å²) in [6.45, 7) is 15.4. The number of phenolic OH excluding ortho intramolecular Hbond substituents is 1. The lowest BCUT2D eigenvalue weighted by atomic mass is 9.97. The van der Waals surface area contributed by atoms with Crippen molar-refractivity contribution in [1.29, 1.82) is 0 Å². The topological polar surface area (TPSA) is 108 Å². The number of benzene rings is 1. The number of nitrogens with one attached hydrogen (secondary N) is 2. The van der Waals surface area contributed by atoms with Gasteiger partial charge in [-0.15, -0.1) is 0 Å². The molecule has 3 atom stereocenters. The number of hydrogen-bond acceptors (Lipinski definition) is 5. The fourth-order valence-corrected chi connectivity index (χ4v) is 4.38. The molecule has 1 aromatic carbocycles. The van der Waals surface area contributed by atoms with Crippen LogP contribution in [-0.2, 0) is 14.3 Å². The summed E-state index contributed by atoms with van der Waals surface area (Å²) in [5.41, 5.74) is -0.364. The zero-order valence-electron chi connectivity index (χ0n) is 24.8. The fourth-order valence-electron chi connectivity index (χ4n) is 4.38. The Hall–Kier alpha value is -2.77. The molecule has 0 saturated carbocycles. The number of rotatable bonds is 15. The molecular formula is C30H51N3O5. The van der Waals surface area contributed by atoms with E-state index in [-0.39, 0.29) is 29.5 Å². The second-order valence-electron chi connectivity index (χ2n) is 11.5. The first kappa shape index (κ1) is 33.3. The third kappa shape index (κ3) is 11.3. The summed E-state index contributed by atoms with van der Waals surface area (Å²) in [6.07, 6.45) is 5.83. The summed E-state index contributed by atoms with van der Waals surface area (Å²) < 4.78 is 5.42. The van der Waals surface area contributed by atoms with E-state index in [1.807, 2.05) is 27.7 Å². The summed E-state index contributed by atoms with van der Waals surface area (Å²) in [5, 5.41) is 16.5. The third-order valence-electron chi connectivity index (χ3n) is 6.29. The predicted octanol–water partition coefficient (Wildman–Crippen LogP) is 6.09. The molecule has 1 rings (SSSR count). The number of carbonyl (C=O) groups is 3. The molecule has 216 valence electrons. The van der Waals surface area contributed by atoms with Crippen LogP contribution in [0.2, 0.25) is 0 Å². The van der Waals surface area contributed by atoms with Crippen LogP contribution in [0.4, 0.5) is 4.79 Å². The van der Waals surface area contributed by atoms with E-state index in [1.165, 1.54) is 11.0 Å². The summed E-state index contributed by atoms with van der Waals surface area (Å²) in [5.74, 6) is -1.05. The normalized spacial score (nSPS) is 13.9. The molecule has 0 heterocycles. The molecule has 0 aromatic heterocycles. The molecule has 0 aliphatic carbocycles. The minimum atomic E-state index is -1.05. The molecule has 0 aliphatic rings. The quantitative estimate of drug-likeness (QED) is 0.237. The van der Waals surface area contributed by atoms with Gasteiger partial charge in [-0.25, -0.2) is 4.79 Å². The maximum absolute atomic E-state index is 14.1. The van der Waals surface area contributed by atoms with Crippen molar-refractivity contribution in [3.63, 3.8) is 0 Å². The first-order valence-corrected chi connectivity index (χ1v) is 14.2. The zero-order chi connectivity index (χ0) is 28.9. The summed E-state index contributed by atoms with van der Waals surface area (Å²) in [7, 11) is 0. The highest BCUT2D eigenvalue weighted by molar-refractivity contribution is 5.92. The molecule has 0 aliphatic heterocycles. The number of ether oxygens (including phenoxy) is 1. The standard InChI is InChI=1S/C30H51N3O5/c1-9-11-12-13-16-20-33(28(36)25(21(3)4)32-29(37)38-30(6,7)8)26(23-18-14-15-19-24(23)34)27(35)31-22(5)17-10-2/h14-15,18-19,21-22,25-26,34H,9-13,16-17,20H2,1-8H3,(H,31,35)(H,32,37). The SMILES string of the molecule is CCCCCCCN(C(=O)C(NC(=O)OC(C)(C)C)C(C)C)C(C(=O)NC(C)CCC)c1ccccc1O. The van der Waals surface area contributed by atoms with Crippen molar-refractivity contribution >= 4 is 17.9 Å². The van der Waals surface area contributed by atoms with Gasteiger partial charge in [0.1, 0.15) is 23.4 Å².